The Kier molecular flexibility index (Phi) is 10.3. The maximum atomic E-state index is 11.5. The molecule has 0 aliphatic heterocycles. The van der Waals surface area contributed by atoms with Gasteiger partial charge >= 0.3 is 0 Å². The number of Topliss-reactive ketones (excluding diaryl/α,β-unsaturated/α-hetero) is 1. The van der Waals surface area contributed by atoms with Gasteiger partial charge in [0.2, 0.25) is 0 Å². The van der Waals surface area contributed by atoms with E-state index in [9.17, 15) is 9.90 Å². The number of aliphatic hydroxyl groups is 1. The highest BCUT2D eigenvalue weighted by Gasteiger charge is 2.17. The molecular formula is C16H32O2. The van der Waals surface area contributed by atoms with Gasteiger partial charge < -0.3 is 5.11 Å². The summed E-state index contributed by atoms with van der Waals surface area (Å²) in [5, 5.41) is 9.51. The Hall–Kier alpha value is -0.370. The predicted octanol–water partition coefficient (Wildman–Crippen LogP) is 4.64. The lowest BCUT2D eigenvalue weighted by Crippen LogP contribution is -2.23. The molecule has 2 heteroatoms. The van der Waals surface area contributed by atoms with E-state index in [0.717, 1.165) is 12.8 Å². The lowest BCUT2D eigenvalue weighted by molar-refractivity contribution is -0.122. The van der Waals surface area contributed by atoms with Crippen molar-refractivity contribution in [3.63, 3.8) is 0 Å². The third kappa shape index (κ3) is 13.7. The summed E-state index contributed by atoms with van der Waals surface area (Å²) in [6, 6.07) is 0. The first-order valence-corrected chi connectivity index (χ1v) is 7.70. The summed E-state index contributed by atoms with van der Waals surface area (Å²) in [6.07, 6.45) is 12.4. The van der Waals surface area contributed by atoms with E-state index >= 15 is 0 Å². The molecule has 0 aromatic rings. The van der Waals surface area contributed by atoms with Crippen LogP contribution in [0.25, 0.3) is 0 Å². The van der Waals surface area contributed by atoms with Crippen LogP contribution in [0.15, 0.2) is 0 Å². The van der Waals surface area contributed by atoms with E-state index in [4.69, 9.17) is 0 Å². The maximum absolute atomic E-state index is 11.5. The van der Waals surface area contributed by atoms with Crippen LogP contribution in [0.3, 0.4) is 0 Å². The van der Waals surface area contributed by atoms with Crippen molar-refractivity contribution in [2.75, 3.05) is 0 Å². The van der Waals surface area contributed by atoms with Gasteiger partial charge in [0.15, 0.2) is 0 Å². The number of rotatable bonds is 12. The summed E-state index contributed by atoms with van der Waals surface area (Å²) in [6.45, 7) is 5.63. The summed E-state index contributed by atoms with van der Waals surface area (Å²) in [5.74, 6) is 0.199. The van der Waals surface area contributed by atoms with Gasteiger partial charge in [-0.3, -0.25) is 4.79 Å². The molecular weight excluding hydrogens is 224 g/mol. The number of hydrogen-bond donors (Lipinski definition) is 1. The van der Waals surface area contributed by atoms with Crippen molar-refractivity contribution in [3.05, 3.63) is 0 Å². The molecule has 0 rings (SSSR count). The van der Waals surface area contributed by atoms with Crippen LogP contribution in [0.4, 0.5) is 0 Å². The summed E-state index contributed by atoms with van der Waals surface area (Å²) in [4.78, 5) is 11.5. The Morgan fingerprint density at radius 3 is 1.78 bits per heavy atom. The van der Waals surface area contributed by atoms with Crippen LogP contribution in [0.2, 0.25) is 0 Å². The fraction of sp³-hybridized carbons (Fsp3) is 0.938. The molecule has 0 saturated carbocycles. The van der Waals surface area contributed by atoms with Crippen molar-refractivity contribution >= 4 is 5.78 Å². The van der Waals surface area contributed by atoms with Crippen molar-refractivity contribution in [1.29, 1.82) is 0 Å². The summed E-state index contributed by atoms with van der Waals surface area (Å²) < 4.78 is 0. The highest BCUT2D eigenvalue weighted by Crippen LogP contribution is 2.13. The second-order valence-electron chi connectivity index (χ2n) is 6.11. The molecule has 0 radical (unpaired) electrons. The topological polar surface area (TPSA) is 37.3 Å². The molecule has 1 N–H and O–H groups in total. The largest absolute Gasteiger partial charge is 0.390 e. The van der Waals surface area contributed by atoms with E-state index in [1.54, 1.807) is 13.8 Å². The summed E-state index contributed by atoms with van der Waals surface area (Å²) >= 11 is 0. The molecule has 0 aliphatic carbocycles. The Bertz CT molecular complexity index is 204. The first-order valence-electron chi connectivity index (χ1n) is 7.70. The molecule has 0 bridgehead atoms. The standard InChI is InChI=1S/C16H32O2/c1-4-5-6-7-8-9-10-11-12-13-15(17)14-16(2,3)18/h18H,4-14H2,1-3H3. The van der Waals surface area contributed by atoms with Crippen molar-refractivity contribution < 1.29 is 9.90 Å². The average molecular weight is 256 g/mol. The maximum Gasteiger partial charge on any atom is 0.135 e. The molecule has 0 aromatic carbocycles. The number of ketones is 1. The van der Waals surface area contributed by atoms with Crippen LogP contribution in [0.1, 0.15) is 91.4 Å². The van der Waals surface area contributed by atoms with Crippen molar-refractivity contribution in [3.8, 4) is 0 Å². The molecule has 0 saturated heterocycles. The van der Waals surface area contributed by atoms with Crippen LogP contribution in [0, 0.1) is 0 Å². The lowest BCUT2D eigenvalue weighted by Gasteiger charge is -2.15. The first kappa shape index (κ1) is 17.6. The number of carbonyl (C=O) groups excluding carboxylic acids is 1. The van der Waals surface area contributed by atoms with Crippen molar-refractivity contribution in [2.24, 2.45) is 0 Å². The van der Waals surface area contributed by atoms with Crippen LogP contribution < -0.4 is 0 Å². The molecule has 0 atom stereocenters. The monoisotopic (exact) mass is 256 g/mol. The molecule has 0 aliphatic rings. The van der Waals surface area contributed by atoms with E-state index in [1.165, 1.54) is 44.9 Å². The zero-order valence-electron chi connectivity index (χ0n) is 12.6. The number of unbranched alkanes of at least 4 members (excludes halogenated alkanes) is 8. The van der Waals surface area contributed by atoms with E-state index in [0.29, 0.717) is 12.8 Å². The van der Waals surface area contributed by atoms with Crippen LogP contribution in [0.5, 0.6) is 0 Å². The Labute approximate surface area is 113 Å². The fourth-order valence-electron chi connectivity index (χ4n) is 2.20. The van der Waals surface area contributed by atoms with Crippen molar-refractivity contribution in [1.82, 2.24) is 0 Å². The second-order valence-corrected chi connectivity index (χ2v) is 6.11. The van der Waals surface area contributed by atoms with Gasteiger partial charge in [-0.05, 0) is 20.3 Å². The molecule has 108 valence electrons. The highest BCUT2D eigenvalue weighted by atomic mass is 16.3. The van der Waals surface area contributed by atoms with Gasteiger partial charge in [-0.25, -0.2) is 0 Å². The fourth-order valence-corrected chi connectivity index (χ4v) is 2.20. The lowest BCUT2D eigenvalue weighted by atomic mass is 9.98. The van der Waals surface area contributed by atoms with E-state index in [-0.39, 0.29) is 5.78 Å². The molecule has 0 heterocycles. The van der Waals surface area contributed by atoms with Gasteiger partial charge in [0.1, 0.15) is 5.78 Å². The zero-order valence-corrected chi connectivity index (χ0v) is 12.6. The molecule has 0 unspecified atom stereocenters. The average Bonchev–Trinajstić information content (AvgIpc) is 2.24. The Morgan fingerprint density at radius 2 is 1.33 bits per heavy atom. The minimum Gasteiger partial charge on any atom is -0.390 e. The molecule has 18 heavy (non-hydrogen) atoms. The third-order valence-corrected chi connectivity index (χ3v) is 3.19. The molecule has 0 spiro atoms. The number of carbonyl (C=O) groups is 1. The van der Waals surface area contributed by atoms with Gasteiger partial charge in [-0.15, -0.1) is 0 Å². The van der Waals surface area contributed by atoms with Crippen LogP contribution in [-0.4, -0.2) is 16.5 Å². The van der Waals surface area contributed by atoms with Gasteiger partial charge in [0.25, 0.3) is 0 Å². The van der Waals surface area contributed by atoms with E-state index in [1.807, 2.05) is 0 Å². The molecule has 0 aromatic heterocycles. The van der Waals surface area contributed by atoms with E-state index < -0.39 is 5.60 Å². The molecule has 0 fully saturated rings. The Morgan fingerprint density at radius 1 is 0.889 bits per heavy atom. The van der Waals surface area contributed by atoms with Gasteiger partial charge in [-0.1, -0.05) is 58.3 Å². The van der Waals surface area contributed by atoms with Gasteiger partial charge in [0.05, 0.1) is 5.60 Å². The third-order valence-electron chi connectivity index (χ3n) is 3.19. The highest BCUT2D eigenvalue weighted by molar-refractivity contribution is 5.79. The quantitative estimate of drug-likeness (QED) is 0.517. The van der Waals surface area contributed by atoms with Crippen LogP contribution in [-0.2, 0) is 4.79 Å². The summed E-state index contributed by atoms with van der Waals surface area (Å²) in [5.41, 5.74) is -0.837. The van der Waals surface area contributed by atoms with Gasteiger partial charge in [-0.2, -0.15) is 0 Å². The zero-order chi connectivity index (χ0) is 13.9. The first-order chi connectivity index (χ1) is 8.45. The van der Waals surface area contributed by atoms with Crippen molar-refractivity contribution in [2.45, 2.75) is 97.0 Å². The predicted molar refractivity (Wildman–Crippen MR) is 77.8 cm³/mol. The molecule has 0 amide bonds. The minimum atomic E-state index is -0.837. The van der Waals surface area contributed by atoms with Gasteiger partial charge in [0, 0.05) is 12.8 Å². The minimum absolute atomic E-state index is 0.199. The van der Waals surface area contributed by atoms with E-state index in [2.05, 4.69) is 6.92 Å². The smallest absolute Gasteiger partial charge is 0.135 e. The summed E-state index contributed by atoms with van der Waals surface area (Å²) in [7, 11) is 0. The SMILES string of the molecule is CCCCCCCCCCCC(=O)CC(C)(C)O. The number of hydrogen-bond acceptors (Lipinski definition) is 2. The molecule has 2 nitrogen and oxygen atoms in total. The Balaban J connectivity index is 3.23. The van der Waals surface area contributed by atoms with Crippen LogP contribution >= 0.6 is 0 Å². The second kappa shape index (κ2) is 10.5. The normalized spacial score (nSPS) is 11.8.